The normalized spacial score (nSPS) is 17.2. The summed E-state index contributed by atoms with van der Waals surface area (Å²) in [7, 11) is 2.26. The second-order valence-corrected chi connectivity index (χ2v) is 5.97. The van der Waals surface area contributed by atoms with Gasteiger partial charge in [0.25, 0.3) is 0 Å². The first-order valence-corrected chi connectivity index (χ1v) is 7.69. The molecular weight excluding hydrogens is 244 g/mol. The van der Waals surface area contributed by atoms with Crippen LogP contribution in [0.2, 0.25) is 0 Å². The summed E-state index contributed by atoms with van der Waals surface area (Å²) >= 11 is 1.44. The Kier molecular flexibility index (Phi) is 5.26. The maximum absolute atomic E-state index is 5.58. The van der Waals surface area contributed by atoms with E-state index in [1.54, 1.807) is 0 Å². The summed E-state index contributed by atoms with van der Waals surface area (Å²) in [5, 5.41) is 4.45. The predicted octanol–water partition coefficient (Wildman–Crippen LogP) is 2.79. The highest BCUT2D eigenvalue weighted by Crippen LogP contribution is 2.21. The van der Waals surface area contributed by atoms with Crippen molar-refractivity contribution in [2.45, 2.75) is 44.6 Å². The maximum atomic E-state index is 5.58. The summed E-state index contributed by atoms with van der Waals surface area (Å²) in [4.78, 5) is 2.53. The van der Waals surface area contributed by atoms with Crippen LogP contribution in [0.25, 0.3) is 0 Å². The Hall–Kier alpha value is -0.810. The highest BCUT2D eigenvalue weighted by molar-refractivity contribution is 7.10. The van der Waals surface area contributed by atoms with Gasteiger partial charge in [0.05, 0.1) is 0 Å². The first-order valence-electron chi connectivity index (χ1n) is 6.92. The maximum Gasteiger partial charge on any atom is 0.139 e. The van der Waals surface area contributed by atoms with E-state index in [0.717, 1.165) is 17.6 Å². The molecule has 18 heavy (non-hydrogen) atoms. The standard InChI is InChI=1S/C13H24N4S/c1-17(11-6-3-2-4-7-11)9-5-8-15-13-10-12(14)16-18-13/h10-11,15H,2-9H2,1H3,(H2,14,16). The Morgan fingerprint density at radius 2 is 2.22 bits per heavy atom. The molecule has 2 rings (SSSR count). The van der Waals surface area contributed by atoms with E-state index in [1.807, 2.05) is 6.07 Å². The number of rotatable bonds is 6. The third-order valence-corrected chi connectivity index (χ3v) is 4.47. The lowest BCUT2D eigenvalue weighted by molar-refractivity contribution is 0.191. The zero-order chi connectivity index (χ0) is 12.8. The number of hydrogen-bond donors (Lipinski definition) is 2. The van der Waals surface area contributed by atoms with Crippen molar-refractivity contribution >= 4 is 22.4 Å². The first kappa shape index (κ1) is 13.6. The molecule has 0 saturated heterocycles. The number of anilines is 2. The van der Waals surface area contributed by atoms with Crippen molar-refractivity contribution in [2.75, 3.05) is 31.2 Å². The summed E-state index contributed by atoms with van der Waals surface area (Å²) in [6, 6.07) is 2.72. The van der Waals surface area contributed by atoms with E-state index in [1.165, 1.54) is 56.6 Å². The molecule has 1 heterocycles. The van der Waals surface area contributed by atoms with Crippen LogP contribution in [0.1, 0.15) is 38.5 Å². The van der Waals surface area contributed by atoms with E-state index in [0.29, 0.717) is 5.82 Å². The van der Waals surface area contributed by atoms with Gasteiger partial charge in [0.1, 0.15) is 10.8 Å². The van der Waals surface area contributed by atoms with E-state index >= 15 is 0 Å². The molecule has 1 saturated carbocycles. The van der Waals surface area contributed by atoms with Crippen LogP contribution >= 0.6 is 11.5 Å². The minimum atomic E-state index is 0.613. The quantitative estimate of drug-likeness (QED) is 0.779. The van der Waals surface area contributed by atoms with Gasteiger partial charge in [-0.15, -0.1) is 0 Å². The van der Waals surface area contributed by atoms with Gasteiger partial charge in [-0.25, -0.2) is 0 Å². The van der Waals surface area contributed by atoms with Gasteiger partial charge in [0.2, 0.25) is 0 Å². The Balaban J connectivity index is 1.59. The largest absolute Gasteiger partial charge is 0.383 e. The van der Waals surface area contributed by atoms with Crippen molar-refractivity contribution in [3.05, 3.63) is 6.07 Å². The smallest absolute Gasteiger partial charge is 0.139 e. The summed E-state index contributed by atoms with van der Waals surface area (Å²) < 4.78 is 4.05. The van der Waals surface area contributed by atoms with Gasteiger partial charge < -0.3 is 16.0 Å². The molecule has 0 spiro atoms. The fourth-order valence-electron chi connectivity index (χ4n) is 2.62. The van der Waals surface area contributed by atoms with Gasteiger partial charge in [0, 0.05) is 18.7 Å². The second-order valence-electron chi connectivity index (χ2n) is 5.17. The first-order chi connectivity index (χ1) is 8.75. The van der Waals surface area contributed by atoms with Crippen molar-refractivity contribution in [1.29, 1.82) is 0 Å². The van der Waals surface area contributed by atoms with E-state index < -0.39 is 0 Å². The number of aromatic nitrogens is 1. The zero-order valence-electron chi connectivity index (χ0n) is 11.2. The van der Waals surface area contributed by atoms with Crippen LogP contribution in [-0.4, -0.2) is 35.5 Å². The van der Waals surface area contributed by atoms with Gasteiger partial charge >= 0.3 is 0 Å². The zero-order valence-corrected chi connectivity index (χ0v) is 12.0. The van der Waals surface area contributed by atoms with Crippen LogP contribution in [0, 0.1) is 0 Å². The Morgan fingerprint density at radius 3 is 2.89 bits per heavy atom. The molecule has 0 bridgehead atoms. The Labute approximate surface area is 114 Å². The minimum Gasteiger partial charge on any atom is -0.383 e. The van der Waals surface area contributed by atoms with E-state index in [2.05, 4.69) is 21.6 Å². The van der Waals surface area contributed by atoms with Gasteiger partial charge in [-0.05, 0) is 44.4 Å². The fourth-order valence-corrected chi connectivity index (χ4v) is 3.21. The number of nitrogen functional groups attached to an aromatic ring is 1. The average Bonchev–Trinajstić information content (AvgIpc) is 2.81. The Morgan fingerprint density at radius 1 is 1.44 bits per heavy atom. The number of nitrogens with two attached hydrogens (primary N) is 1. The molecule has 0 amide bonds. The van der Waals surface area contributed by atoms with Gasteiger partial charge in [-0.1, -0.05) is 19.3 Å². The van der Waals surface area contributed by atoms with Crippen LogP contribution in [0.3, 0.4) is 0 Å². The summed E-state index contributed by atoms with van der Waals surface area (Å²) in [5.74, 6) is 0.613. The number of hydrogen-bond acceptors (Lipinski definition) is 5. The molecule has 1 aliphatic carbocycles. The highest BCUT2D eigenvalue weighted by Gasteiger charge is 2.17. The molecular formula is C13H24N4S. The summed E-state index contributed by atoms with van der Waals surface area (Å²) in [6.45, 7) is 2.17. The van der Waals surface area contributed by atoms with Crippen LogP contribution in [0.4, 0.5) is 10.8 Å². The molecule has 0 radical (unpaired) electrons. The van der Waals surface area contributed by atoms with E-state index in [-0.39, 0.29) is 0 Å². The van der Waals surface area contributed by atoms with Crippen LogP contribution in [-0.2, 0) is 0 Å². The highest BCUT2D eigenvalue weighted by atomic mass is 32.1. The lowest BCUT2D eigenvalue weighted by atomic mass is 9.94. The van der Waals surface area contributed by atoms with Gasteiger partial charge in [-0.2, -0.15) is 4.37 Å². The van der Waals surface area contributed by atoms with Crippen molar-refractivity contribution in [3.8, 4) is 0 Å². The molecule has 1 aromatic rings. The Bertz CT molecular complexity index is 347. The van der Waals surface area contributed by atoms with Crippen LogP contribution in [0.5, 0.6) is 0 Å². The molecule has 0 unspecified atom stereocenters. The van der Waals surface area contributed by atoms with Crippen LogP contribution < -0.4 is 11.1 Å². The molecule has 102 valence electrons. The lowest BCUT2D eigenvalue weighted by Gasteiger charge is -2.31. The lowest BCUT2D eigenvalue weighted by Crippen LogP contribution is -2.34. The minimum absolute atomic E-state index is 0.613. The summed E-state index contributed by atoms with van der Waals surface area (Å²) in [6.07, 6.45) is 8.19. The molecule has 1 fully saturated rings. The van der Waals surface area contributed by atoms with E-state index in [9.17, 15) is 0 Å². The van der Waals surface area contributed by atoms with Crippen molar-refractivity contribution < 1.29 is 0 Å². The molecule has 5 heteroatoms. The SMILES string of the molecule is CN(CCCNc1cc(N)ns1)C1CCCCC1. The molecule has 3 N–H and O–H groups in total. The fraction of sp³-hybridized carbons (Fsp3) is 0.769. The average molecular weight is 268 g/mol. The van der Waals surface area contributed by atoms with E-state index in [4.69, 9.17) is 5.73 Å². The van der Waals surface area contributed by atoms with Crippen molar-refractivity contribution in [3.63, 3.8) is 0 Å². The molecule has 0 aliphatic heterocycles. The third-order valence-electron chi connectivity index (χ3n) is 3.71. The topological polar surface area (TPSA) is 54.2 Å². The molecule has 0 atom stereocenters. The number of nitrogens with zero attached hydrogens (tertiary/aromatic N) is 2. The predicted molar refractivity (Wildman–Crippen MR) is 79.1 cm³/mol. The van der Waals surface area contributed by atoms with Crippen molar-refractivity contribution in [2.24, 2.45) is 0 Å². The molecule has 1 aliphatic rings. The molecule has 4 nitrogen and oxygen atoms in total. The van der Waals surface area contributed by atoms with Gasteiger partial charge in [0.15, 0.2) is 0 Å². The third kappa shape index (κ3) is 4.14. The molecule has 1 aromatic heterocycles. The monoisotopic (exact) mass is 268 g/mol. The van der Waals surface area contributed by atoms with Gasteiger partial charge in [-0.3, -0.25) is 0 Å². The van der Waals surface area contributed by atoms with Crippen LogP contribution in [0.15, 0.2) is 6.07 Å². The second kappa shape index (κ2) is 6.95. The molecule has 0 aromatic carbocycles. The summed E-state index contributed by atoms with van der Waals surface area (Å²) in [5.41, 5.74) is 5.58. The van der Waals surface area contributed by atoms with Crippen molar-refractivity contribution in [1.82, 2.24) is 9.27 Å². The number of nitrogens with one attached hydrogen (secondary N) is 1.